The molecule has 0 N–H and O–H groups in total. The van der Waals surface area contributed by atoms with E-state index in [1.54, 1.807) is 0 Å². The summed E-state index contributed by atoms with van der Waals surface area (Å²) in [5.74, 6) is 0.0637. The topological polar surface area (TPSA) is 56.1 Å². The van der Waals surface area contributed by atoms with E-state index in [1.807, 2.05) is 54.6 Å². The number of likely N-dealkylation sites (tertiary alicyclic amines) is 1. The zero-order valence-corrected chi connectivity index (χ0v) is 26.8. The summed E-state index contributed by atoms with van der Waals surface area (Å²) in [6.07, 6.45) is -7.44. The first-order valence-corrected chi connectivity index (χ1v) is 16.7. The monoisotopic (exact) mass is 685 g/mol. The number of anilines is 1. The van der Waals surface area contributed by atoms with E-state index >= 15 is 0 Å². The largest absolute Gasteiger partial charge is 0.416 e. The van der Waals surface area contributed by atoms with E-state index in [-0.39, 0.29) is 18.7 Å². The Balaban J connectivity index is 1.03. The highest BCUT2D eigenvalue weighted by Gasteiger charge is 2.41. The minimum absolute atomic E-state index is 0.0591. The van der Waals surface area contributed by atoms with Gasteiger partial charge in [0.05, 0.1) is 16.5 Å². The predicted molar refractivity (Wildman–Crippen MR) is 172 cm³/mol. The minimum Gasteiger partial charge on any atom is -0.354 e. The number of amides is 1. The van der Waals surface area contributed by atoms with Crippen LogP contribution < -0.4 is 4.90 Å². The van der Waals surface area contributed by atoms with Gasteiger partial charge in [0.1, 0.15) is 0 Å². The number of piperazine rings is 1. The number of halogens is 6. The molecule has 49 heavy (non-hydrogen) atoms. The summed E-state index contributed by atoms with van der Waals surface area (Å²) >= 11 is 0. The van der Waals surface area contributed by atoms with Gasteiger partial charge in [0, 0.05) is 69.5 Å². The highest BCUT2D eigenvalue weighted by atomic mass is 19.4. The van der Waals surface area contributed by atoms with Crippen molar-refractivity contribution in [1.29, 1.82) is 0 Å². The van der Waals surface area contributed by atoms with Crippen LogP contribution in [0.3, 0.4) is 0 Å². The molecule has 4 heterocycles. The summed E-state index contributed by atoms with van der Waals surface area (Å²) in [5.41, 5.74) is -1.86. The summed E-state index contributed by atoms with van der Waals surface area (Å²) in [5, 5.41) is 5.34. The molecule has 3 atom stereocenters. The third kappa shape index (κ3) is 7.14. The van der Waals surface area contributed by atoms with Gasteiger partial charge >= 0.3 is 12.4 Å². The Morgan fingerprint density at radius 3 is 2.04 bits per heavy atom. The second kappa shape index (κ2) is 13.3. The van der Waals surface area contributed by atoms with Gasteiger partial charge in [-0.15, -0.1) is 0 Å². The second-order valence-electron chi connectivity index (χ2n) is 13.3. The molecule has 3 fully saturated rings. The van der Waals surface area contributed by atoms with Gasteiger partial charge in [0.2, 0.25) is 0 Å². The molecule has 260 valence electrons. The zero-order valence-electron chi connectivity index (χ0n) is 26.8. The number of nitrogens with zero attached hydrogens (tertiary/aromatic N) is 5. The normalized spacial score (nSPS) is 23.0. The molecule has 4 aromatic rings. The second-order valence-corrected chi connectivity index (χ2v) is 13.3. The van der Waals surface area contributed by atoms with Gasteiger partial charge in [-0.05, 0) is 61.6 Å². The quantitative estimate of drug-likeness (QED) is 0.204. The zero-order chi connectivity index (χ0) is 34.3. The van der Waals surface area contributed by atoms with Crippen molar-refractivity contribution in [2.24, 2.45) is 0 Å². The maximum atomic E-state index is 13.8. The average molecular weight is 686 g/mol. The first-order valence-electron chi connectivity index (χ1n) is 16.7. The lowest BCUT2D eigenvalue weighted by Gasteiger charge is -2.47. The number of aromatic nitrogens is 1. The molecule has 0 aliphatic carbocycles. The van der Waals surface area contributed by atoms with Crippen LogP contribution in [-0.2, 0) is 18.8 Å². The Bertz CT molecular complexity index is 1740. The van der Waals surface area contributed by atoms with Crippen LogP contribution in [0.1, 0.15) is 46.3 Å². The molecule has 3 saturated heterocycles. The number of fused-ring (bicyclic) bond motifs is 1. The Morgan fingerprint density at radius 1 is 0.755 bits per heavy atom. The molecule has 0 bridgehead atoms. The van der Waals surface area contributed by atoms with Crippen molar-refractivity contribution >= 4 is 22.7 Å². The third-order valence-electron chi connectivity index (χ3n) is 10.3. The van der Waals surface area contributed by atoms with Crippen LogP contribution in [0.4, 0.5) is 32.2 Å². The molecule has 3 aromatic carbocycles. The first-order chi connectivity index (χ1) is 23.4. The molecular formula is C36H37F6N5O2. The number of carbonyl (C=O) groups is 1. The molecule has 1 amide bonds. The first kappa shape index (κ1) is 33.4. The summed E-state index contributed by atoms with van der Waals surface area (Å²) in [6, 6.07) is 18.6. The van der Waals surface area contributed by atoms with Gasteiger partial charge in [-0.2, -0.15) is 26.3 Å². The lowest BCUT2D eigenvalue weighted by atomic mass is 9.90. The number of rotatable bonds is 6. The molecule has 3 aliphatic rings. The van der Waals surface area contributed by atoms with E-state index < -0.39 is 41.0 Å². The number of alkyl halides is 6. The Kier molecular flexibility index (Phi) is 9.08. The fourth-order valence-corrected chi connectivity index (χ4v) is 7.75. The lowest BCUT2D eigenvalue weighted by Crippen LogP contribution is -2.58. The Morgan fingerprint density at radius 2 is 1.37 bits per heavy atom. The summed E-state index contributed by atoms with van der Waals surface area (Å²) in [7, 11) is 0. The average Bonchev–Trinajstić information content (AvgIpc) is 3.75. The molecule has 7 nitrogen and oxygen atoms in total. The van der Waals surface area contributed by atoms with Gasteiger partial charge in [0.15, 0.2) is 11.4 Å². The SMILES string of the molecule is O=C(c1cc(C(F)(F)F)cc(C(F)(F)F)c1)N1CCC(N2CCN(C3CCN(c4noc5ccccc45)C3)CC2)CC1Cc1ccccc1. The van der Waals surface area contributed by atoms with Crippen molar-refractivity contribution in [2.45, 2.75) is 56.2 Å². The van der Waals surface area contributed by atoms with Crippen molar-refractivity contribution in [3.05, 3.63) is 95.1 Å². The fourth-order valence-electron chi connectivity index (χ4n) is 7.75. The molecular weight excluding hydrogens is 648 g/mol. The molecule has 0 radical (unpaired) electrons. The maximum absolute atomic E-state index is 13.8. The van der Waals surface area contributed by atoms with E-state index in [0.29, 0.717) is 37.4 Å². The van der Waals surface area contributed by atoms with Gasteiger partial charge < -0.3 is 14.3 Å². The van der Waals surface area contributed by atoms with Crippen molar-refractivity contribution in [3.8, 4) is 0 Å². The van der Waals surface area contributed by atoms with Crippen molar-refractivity contribution < 1.29 is 35.7 Å². The number of piperidine rings is 1. The Hall–Kier alpha value is -4.10. The van der Waals surface area contributed by atoms with Crippen LogP contribution in [0.2, 0.25) is 0 Å². The maximum Gasteiger partial charge on any atom is 0.416 e. The van der Waals surface area contributed by atoms with E-state index in [9.17, 15) is 31.1 Å². The standard InChI is InChI=1S/C36H37F6N5O2/c37-35(38,39)26-19-25(20-27(21-26)36(40,41)42)34(48)47-13-11-28(22-30(47)18-24-6-2-1-3-7-24)44-14-16-45(17-15-44)29-10-12-46(23-29)33-31-8-4-5-9-32(31)49-43-33/h1-9,19-21,28-30H,10-18,22-23H2. The molecule has 0 spiro atoms. The van der Waals surface area contributed by atoms with Gasteiger partial charge in [0.25, 0.3) is 5.91 Å². The van der Waals surface area contributed by atoms with Gasteiger partial charge in [-0.1, -0.05) is 47.6 Å². The van der Waals surface area contributed by atoms with E-state index in [2.05, 4.69) is 19.9 Å². The third-order valence-corrected chi connectivity index (χ3v) is 10.3. The smallest absolute Gasteiger partial charge is 0.354 e. The fraction of sp³-hybridized carbons (Fsp3) is 0.444. The molecule has 3 aliphatic heterocycles. The number of benzene rings is 3. The van der Waals surface area contributed by atoms with Gasteiger partial charge in [-0.25, -0.2) is 0 Å². The highest BCUT2D eigenvalue weighted by molar-refractivity contribution is 5.95. The van der Waals surface area contributed by atoms with E-state index in [0.717, 1.165) is 68.0 Å². The number of hydrogen-bond donors (Lipinski definition) is 0. The summed E-state index contributed by atoms with van der Waals surface area (Å²) in [6.45, 7) is 5.43. The van der Waals surface area contributed by atoms with Crippen molar-refractivity contribution in [2.75, 3.05) is 50.7 Å². The van der Waals surface area contributed by atoms with Crippen LogP contribution in [-0.4, -0.2) is 89.7 Å². The van der Waals surface area contributed by atoms with Crippen LogP contribution >= 0.6 is 0 Å². The van der Waals surface area contributed by atoms with Crippen LogP contribution in [0.5, 0.6) is 0 Å². The number of carbonyl (C=O) groups excluding carboxylic acids is 1. The minimum atomic E-state index is -5.03. The number of hydrogen-bond acceptors (Lipinski definition) is 6. The molecule has 0 saturated carbocycles. The molecule has 13 heteroatoms. The molecule has 7 rings (SSSR count). The van der Waals surface area contributed by atoms with Gasteiger partial charge in [-0.3, -0.25) is 14.6 Å². The predicted octanol–water partition coefficient (Wildman–Crippen LogP) is 6.98. The number of para-hydroxylation sites is 1. The summed E-state index contributed by atoms with van der Waals surface area (Å²) < 4.78 is 87.2. The van der Waals surface area contributed by atoms with Crippen LogP contribution in [0.15, 0.2) is 77.3 Å². The lowest BCUT2D eigenvalue weighted by molar-refractivity contribution is -0.143. The molecule has 1 aromatic heterocycles. The Labute approximate surface area is 280 Å². The molecule has 3 unspecified atom stereocenters. The van der Waals surface area contributed by atoms with Crippen LogP contribution in [0, 0.1) is 0 Å². The summed E-state index contributed by atoms with van der Waals surface area (Å²) in [4.78, 5) is 22.5. The van der Waals surface area contributed by atoms with Crippen molar-refractivity contribution in [1.82, 2.24) is 19.9 Å². The van der Waals surface area contributed by atoms with E-state index in [4.69, 9.17) is 4.52 Å². The van der Waals surface area contributed by atoms with E-state index in [1.165, 1.54) is 4.90 Å². The van der Waals surface area contributed by atoms with Crippen LogP contribution in [0.25, 0.3) is 11.0 Å². The van der Waals surface area contributed by atoms with Crippen molar-refractivity contribution in [3.63, 3.8) is 0 Å². The highest BCUT2D eigenvalue weighted by Crippen LogP contribution is 2.38.